The first-order valence-corrected chi connectivity index (χ1v) is 3.34. The second kappa shape index (κ2) is 3.78. The van der Waals surface area contributed by atoms with Crippen molar-refractivity contribution in [1.82, 2.24) is 10.3 Å². The highest BCUT2D eigenvalue weighted by atomic mass is 16.4. The number of hydrogen-bond acceptors (Lipinski definition) is 2. The van der Waals surface area contributed by atoms with Crippen molar-refractivity contribution in [2.75, 3.05) is 6.54 Å². The molecule has 0 radical (unpaired) electrons. The maximum absolute atomic E-state index is 10.1. The number of rotatable bonds is 4. The molecule has 0 atom stereocenters. The highest BCUT2D eigenvalue weighted by Crippen LogP contribution is 1.91. The van der Waals surface area contributed by atoms with E-state index in [9.17, 15) is 4.79 Å². The van der Waals surface area contributed by atoms with Crippen molar-refractivity contribution in [3.63, 3.8) is 0 Å². The third kappa shape index (κ3) is 2.86. The highest BCUT2D eigenvalue weighted by Gasteiger charge is 1.95. The minimum Gasteiger partial charge on any atom is -0.480 e. The van der Waals surface area contributed by atoms with Crippen LogP contribution < -0.4 is 5.32 Å². The second-order valence-corrected chi connectivity index (χ2v) is 2.19. The molecule has 4 nitrogen and oxygen atoms in total. The van der Waals surface area contributed by atoms with Gasteiger partial charge < -0.3 is 15.4 Å². The lowest BCUT2D eigenvalue weighted by molar-refractivity contribution is -0.135. The topological polar surface area (TPSA) is 65.1 Å². The Kier molecular flexibility index (Phi) is 2.68. The van der Waals surface area contributed by atoms with Crippen LogP contribution in [0.25, 0.3) is 0 Å². The first-order valence-electron chi connectivity index (χ1n) is 3.34. The normalized spacial score (nSPS) is 9.82. The zero-order valence-electron chi connectivity index (χ0n) is 6.00. The van der Waals surface area contributed by atoms with Crippen LogP contribution in [0, 0.1) is 0 Å². The van der Waals surface area contributed by atoms with Gasteiger partial charge in [0, 0.05) is 18.4 Å². The predicted molar refractivity (Wildman–Crippen MR) is 40.1 cm³/mol. The summed E-state index contributed by atoms with van der Waals surface area (Å²) in [6.07, 6.45) is 1.80. The molecule has 1 aromatic rings. The SMILES string of the molecule is O=C(O)CNCc1ccc[nH]1. The van der Waals surface area contributed by atoms with E-state index in [0.717, 1.165) is 5.69 Å². The van der Waals surface area contributed by atoms with E-state index < -0.39 is 5.97 Å². The van der Waals surface area contributed by atoms with E-state index in [1.807, 2.05) is 12.1 Å². The van der Waals surface area contributed by atoms with Crippen molar-refractivity contribution in [3.05, 3.63) is 24.0 Å². The van der Waals surface area contributed by atoms with E-state index >= 15 is 0 Å². The van der Waals surface area contributed by atoms with Crippen molar-refractivity contribution in [2.45, 2.75) is 6.54 Å². The smallest absolute Gasteiger partial charge is 0.317 e. The first-order chi connectivity index (χ1) is 5.29. The molecule has 60 valence electrons. The number of carbonyl (C=O) groups is 1. The number of carboxylic acid groups (broad SMARTS) is 1. The molecule has 0 fully saturated rings. The number of aromatic amines is 1. The lowest BCUT2D eigenvalue weighted by atomic mass is 10.4. The zero-order chi connectivity index (χ0) is 8.10. The van der Waals surface area contributed by atoms with Gasteiger partial charge in [-0.25, -0.2) is 0 Å². The first kappa shape index (κ1) is 7.81. The second-order valence-electron chi connectivity index (χ2n) is 2.19. The summed E-state index contributed by atoms with van der Waals surface area (Å²) in [5.41, 5.74) is 0.992. The van der Waals surface area contributed by atoms with Crippen LogP contribution in [0.15, 0.2) is 18.3 Å². The molecule has 11 heavy (non-hydrogen) atoms. The van der Waals surface area contributed by atoms with E-state index in [1.165, 1.54) is 0 Å². The third-order valence-electron chi connectivity index (χ3n) is 1.25. The van der Waals surface area contributed by atoms with Gasteiger partial charge in [-0.15, -0.1) is 0 Å². The molecular weight excluding hydrogens is 144 g/mol. The summed E-state index contributed by atoms with van der Waals surface area (Å²) in [5, 5.41) is 11.0. The maximum Gasteiger partial charge on any atom is 0.317 e. The minimum atomic E-state index is -0.837. The van der Waals surface area contributed by atoms with Crippen LogP contribution in [-0.2, 0) is 11.3 Å². The Morgan fingerprint density at radius 1 is 1.73 bits per heavy atom. The molecule has 0 saturated carbocycles. The fourth-order valence-corrected chi connectivity index (χ4v) is 0.782. The van der Waals surface area contributed by atoms with Gasteiger partial charge in [-0.05, 0) is 12.1 Å². The molecule has 0 aliphatic heterocycles. The third-order valence-corrected chi connectivity index (χ3v) is 1.25. The Balaban J connectivity index is 2.19. The summed E-state index contributed by atoms with van der Waals surface area (Å²) < 4.78 is 0. The average molecular weight is 154 g/mol. The van der Waals surface area contributed by atoms with E-state index in [-0.39, 0.29) is 6.54 Å². The van der Waals surface area contributed by atoms with E-state index in [0.29, 0.717) is 6.54 Å². The molecule has 0 aliphatic rings. The summed E-state index contributed by atoms with van der Waals surface area (Å²) >= 11 is 0. The van der Waals surface area contributed by atoms with Gasteiger partial charge in [0.15, 0.2) is 0 Å². The zero-order valence-corrected chi connectivity index (χ0v) is 6.00. The predicted octanol–water partition coefficient (Wildman–Crippen LogP) is 0.189. The fraction of sp³-hybridized carbons (Fsp3) is 0.286. The molecule has 0 spiro atoms. The Morgan fingerprint density at radius 2 is 2.55 bits per heavy atom. The Hall–Kier alpha value is -1.29. The van der Waals surface area contributed by atoms with E-state index in [2.05, 4.69) is 10.3 Å². The fourth-order valence-electron chi connectivity index (χ4n) is 0.782. The molecule has 0 bridgehead atoms. The van der Waals surface area contributed by atoms with Gasteiger partial charge in [0.05, 0.1) is 6.54 Å². The van der Waals surface area contributed by atoms with Crippen molar-refractivity contribution >= 4 is 5.97 Å². The van der Waals surface area contributed by atoms with Crippen molar-refractivity contribution in [1.29, 1.82) is 0 Å². The molecule has 0 aromatic carbocycles. The van der Waals surface area contributed by atoms with E-state index in [4.69, 9.17) is 5.11 Å². The summed E-state index contributed by atoms with van der Waals surface area (Å²) in [6, 6.07) is 3.77. The quantitative estimate of drug-likeness (QED) is 0.580. The van der Waals surface area contributed by atoms with Gasteiger partial charge >= 0.3 is 5.97 Å². The molecule has 0 unspecified atom stereocenters. The summed E-state index contributed by atoms with van der Waals surface area (Å²) in [7, 11) is 0. The number of hydrogen-bond donors (Lipinski definition) is 3. The van der Waals surface area contributed by atoms with Gasteiger partial charge in [0.25, 0.3) is 0 Å². The number of aliphatic carboxylic acids is 1. The van der Waals surface area contributed by atoms with Crippen LogP contribution in [0.1, 0.15) is 5.69 Å². The van der Waals surface area contributed by atoms with Crippen molar-refractivity contribution in [2.24, 2.45) is 0 Å². The molecule has 0 aliphatic carbocycles. The summed E-state index contributed by atoms with van der Waals surface area (Å²) in [5.74, 6) is -0.837. The molecule has 1 heterocycles. The van der Waals surface area contributed by atoms with Gasteiger partial charge in [0.1, 0.15) is 0 Å². The van der Waals surface area contributed by atoms with Crippen LogP contribution >= 0.6 is 0 Å². The average Bonchev–Trinajstić information content (AvgIpc) is 2.39. The monoisotopic (exact) mass is 154 g/mol. The maximum atomic E-state index is 10.1. The number of aromatic nitrogens is 1. The number of H-pyrrole nitrogens is 1. The molecule has 0 saturated heterocycles. The van der Waals surface area contributed by atoms with Gasteiger partial charge in [-0.2, -0.15) is 0 Å². The van der Waals surface area contributed by atoms with Crippen LogP contribution in [0.5, 0.6) is 0 Å². The van der Waals surface area contributed by atoms with E-state index in [1.54, 1.807) is 6.20 Å². The van der Waals surface area contributed by atoms with Crippen molar-refractivity contribution < 1.29 is 9.90 Å². The highest BCUT2D eigenvalue weighted by molar-refractivity contribution is 5.68. The molecular formula is C7H10N2O2. The van der Waals surface area contributed by atoms with Crippen LogP contribution in [-0.4, -0.2) is 22.6 Å². The lowest BCUT2D eigenvalue weighted by Gasteiger charge is -1.97. The Morgan fingerprint density at radius 3 is 3.09 bits per heavy atom. The van der Waals surface area contributed by atoms with Gasteiger partial charge in [-0.1, -0.05) is 0 Å². The molecule has 0 amide bonds. The van der Waals surface area contributed by atoms with Crippen molar-refractivity contribution in [3.8, 4) is 0 Å². The van der Waals surface area contributed by atoms with Gasteiger partial charge in [0.2, 0.25) is 0 Å². The van der Waals surface area contributed by atoms with Crippen LogP contribution in [0.4, 0.5) is 0 Å². The lowest BCUT2D eigenvalue weighted by Crippen LogP contribution is -2.21. The Bertz CT molecular complexity index is 218. The molecule has 1 rings (SSSR count). The largest absolute Gasteiger partial charge is 0.480 e. The standard InChI is InChI=1S/C7H10N2O2/c10-7(11)5-8-4-6-2-1-3-9-6/h1-3,8-9H,4-5H2,(H,10,11). The van der Waals surface area contributed by atoms with Crippen LogP contribution in [0.3, 0.4) is 0 Å². The molecule has 1 aromatic heterocycles. The van der Waals surface area contributed by atoms with Crippen LogP contribution in [0.2, 0.25) is 0 Å². The minimum absolute atomic E-state index is 0.000972. The molecule has 4 heteroatoms. The number of carboxylic acids is 1. The molecule has 3 N–H and O–H groups in total. The summed E-state index contributed by atoms with van der Waals surface area (Å²) in [6.45, 7) is 0.568. The van der Waals surface area contributed by atoms with Gasteiger partial charge in [-0.3, -0.25) is 4.79 Å². The number of nitrogens with one attached hydrogen (secondary N) is 2. The summed E-state index contributed by atoms with van der Waals surface area (Å²) in [4.78, 5) is 13.0. The Labute approximate surface area is 64.2 Å².